The number of aryl methyl sites for hydroxylation is 1. The van der Waals surface area contributed by atoms with E-state index in [9.17, 15) is 18.3 Å². The van der Waals surface area contributed by atoms with Crippen molar-refractivity contribution < 1.29 is 23.1 Å². The average molecular weight is 287 g/mol. The lowest BCUT2D eigenvalue weighted by Crippen LogP contribution is -2.17. The molecule has 0 heterocycles. The molecule has 0 aliphatic rings. The maximum atomic E-state index is 11.7. The molecule has 0 spiro atoms. The molecule has 2 N–H and O–H groups in total. The SMILES string of the molecule is COC(=O)CCCS(=O)(=O)Nc1ccc(O)c(C)c1. The predicted octanol–water partition coefficient (Wildman–Crippen LogP) is 1.40. The molecule has 0 atom stereocenters. The van der Waals surface area contributed by atoms with Gasteiger partial charge in [-0.15, -0.1) is 0 Å². The average Bonchev–Trinajstić information content (AvgIpc) is 2.33. The van der Waals surface area contributed by atoms with E-state index in [-0.39, 0.29) is 24.3 Å². The number of ether oxygens (including phenoxy) is 1. The minimum Gasteiger partial charge on any atom is -0.508 e. The molecule has 19 heavy (non-hydrogen) atoms. The first-order valence-corrected chi connectivity index (χ1v) is 7.36. The third kappa shape index (κ3) is 5.17. The number of carbonyl (C=O) groups excluding carboxylic acids is 1. The summed E-state index contributed by atoms with van der Waals surface area (Å²) >= 11 is 0. The molecular formula is C12H17NO5S. The molecule has 0 aliphatic carbocycles. The van der Waals surface area contributed by atoms with Crippen molar-refractivity contribution in [2.75, 3.05) is 17.6 Å². The predicted molar refractivity (Wildman–Crippen MR) is 71.5 cm³/mol. The van der Waals surface area contributed by atoms with Crippen molar-refractivity contribution in [2.24, 2.45) is 0 Å². The van der Waals surface area contributed by atoms with Crippen LogP contribution in [-0.4, -0.2) is 32.4 Å². The van der Waals surface area contributed by atoms with Crippen LogP contribution in [0, 0.1) is 6.92 Å². The summed E-state index contributed by atoms with van der Waals surface area (Å²) in [6.07, 6.45) is 0.255. The van der Waals surface area contributed by atoms with E-state index in [1.165, 1.54) is 25.3 Å². The van der Waals surface area contributed by atoms with E-state index >= 15 is 0 Å². The van der Waals surface area contributed by atoms with Gasteiger partial charge in [-0.3, -0.25) is 9.52 Å². The number of anilines is 1. The second-order valence-electron chi connectivity index (χ2n) is 4.10. The van der Waals surface area contributed by atoms with Crippen LogP contribution in [0.1, 0.15) is 18.4 Å². The van der Waals surface area contributed by atoms with Crippen molar-refractivity contribution in [1.82, 2.24) is 0 Å². The lowest BCUT2D eigenvalue weighted by atomic mass is 10.2. The number of aromatic hydroxyl groups is 1. The quantitative estimate of drug-likeness (QED) is 0.609. The van der Waals surface area contributed by atoms with Gasteiger partial charge < -0.3 is 9.84 Å². The van der Waals surface area contributed by atoms with Crippen LogP contribution in [0.15, 0.2) is 18.2 Å². The Balaban J connectivity index is 2.59. The Morgan fingerprint density at radius 2 is 2.11 bits per heavy atom. The number of methoxy groups -OCH3 is 1. The summed E-state index contributed by atoms with van der Waals surface area (Å²) in [4.78, 5) is 10.9. The first kappa shape index (κ1) is 15.3. The highest BCUT2D eigenvalue weighted by molar-refractivity contribution is 7.92. The molecule has 0 radical (unpaired) electrons. The normalized spacial score (nSPS) is 11.1. The smallest absolute Gasteiger partial charge is 0.305 e. The topological polar surface area (TPSA) is 92.7 Å². The molecule has 0 aromatic heterocycles. The molecule has 0 amide bonds. The minimum absolute atomic E-state index is 0.0615. The fraction of sp³-hybridized carbons (Fsp3) is 0.417. The molecule has 1 aromatic rings. The molecule has 106 valence electrons. The summed E-state index contributed by atoms with van der Waals surface area (Å²) < 4.78 is 30.3. The molecule has 0 bridgehead atoms. The molecule has 0 saturated carbocycles. The van der Waals surface area contributed by atoms with Gasteiger partial charge >= 0.3 is 5.97 Å². The van der Waals surface area contributed by atoms with Gasteiger partial charge in [-0.25, -0.2) is 8.42 Å². The second-order valence-corrected chi connectivity index (χ2v) is 5.94. The van der Waals surface area contributed by atoms with Gasteiger partial charge in [-0.1, -0.05) is 0 Å². The number of sulfonamides is 1. The van der Waals surface area contributed by atoms with Crippen molar-refractivity contribution in [3.05, 3.63) is 23.8 Å². The third-order valence-corrected chi connectivity index (χ3v) is 3.86. The van der Waals surface area contributed by atoms with Crippen molar-refractivity contribution >= 4 is 21.7 Å². The van der Waals surface area contributed by atoms with Crippen LogP contribution in [0.2, 0.25) is 0 Å². The van der Waals surface area contributed by atoms with E-state index in [1.807, 2.05) is 0 Å². The Labute approximate surface area is 112 Å². The van der Waals surface area contributed by atoms with Crippen LogP contribution < -0.4 is 4.72 Å². The Morgan fingerprint density at radius 1 is 1.42 bits per heavy atom. The number of hydrogen-bond acceptors (Lipinski definition) is 5. The highest BCUT2D eigenvalue weighted by Crippen LogP contribution is 2.21. The van der Waals surface area contributed by atoms with Gasteiger partial charge in [0.25, 0.3) is 0 Å². The minimum atomic E-state index is -3.51. The van der Waals surface area contributed by atoms with Gasteiger partial charge in [0.1, 0.15) is 5.75 Å². The zero-order valence-electron chi connectivity index (χ0n) is 10.8. The summed E-state index contributed by atoms with van der Waals surface area (Å²) in [5, 5.41) is 9.34. The molecule has 0 saturated heterocycles. The summed E-state index contributed by atoms with van der Waals surface area (Å²) in [6, 6.07) is 4.43. The van der Waals surface area contributed by atoms with Crippen LogP contribution in [0.4, 0.5) is 5.69 Å². The standard InChI is InChI=1S/C12H17NO5S/c1-9-8-10(5-6-11(9)14)13-19(16,17)7-3-4-12(15)18-2/h5-6,8,13-14H,3-4,7H2,1-2H3. The van der Waals surface area contributed by atoms with Gasteiger partial charge in [0.2, 0.25) is 10.0 Å². The van der Waals surface area contributed by atoms with Gasteiger partial charge in [-0.05, 0) is 37.1 Å². The first-order chi connectivity index (χ1) is 8.84. The number of hydrogen-bond donors (Lipinski definition) is 2. The number of phenols is 1. The Kier molecular flexibility index (Phi) is 5.17. The van der Waals surface area contributed by atoms with Crippen LogP contribution >= 0.6 is 0 Å². The van der Waals surface area contributed by atoms with E-state index in [4.69, 9.17) is 0 Å². The van der Waals surface area contributed by atoms with Crippen LogP contribution in [-0.2, 0) is 19.6 Å². The van der Waals surface area contributed by atoms with Crippen LogP contribution in [0.25, 0.3) is 0 Å². The Hall–Kier alpha value is -1.76. The molecule has 0 unspecified atom stereocenters. The zero-order valence-corrected chi connectivity index (χ0v) is 11.7. The summed E-state index contributed by atoms with van der Waals surface area (Å²) in [7, 11) is -2.25. The molecule has 0 aliphatic heterocycles. The van der Waals surface area contributed by atoms with E-state index in [2.05, 4.69) is 9.46 Å². The van der Waals surface area contributed by atoms with E-state index in [1.54, 1.807) is 6.92 Å². The number of nitrogens with one attached hydrogen (secondary N) is 1. The number of carbonyl (C=O) groups is 1. The maximum absolute atomic E-state index is 11.7. The highest BCUT2D eigenvalue weighted by atomic mass is 32.2. The Bertz CT molecular complexity index is 553. The van der Waals surface area contributed by atoms with Gasteiger partial charge in [0.15, 0.2) is 0 Å². The van der Waals surface area contributed by atoms with Gasteiger partial charge in [0.05, 0.1) is 12.9 Å². The van der Waals surface area contributed by atoms with E-state index in [0.29, 0.717) is 11.3 Å². The molecular weight excluding hydrogens is 270 g/mol. The number of esters is 1. The zero-order chi connectivity index (χ0) is 14.5. The van der Waals surface area contributed by atoms with Crippen LogP contribution in [0.5, 0.6) is 5.75 Å². The molecule has 0 fully saturated rings. The summed E-state index contributed by atoms with van der Waals surface area (Å²) in [5.74, 6) is -0.494. The fourth-order valence-electron chi connectivity index (χ4n) is 1.46. The van der Waals surface area contributed by atoms with Crippen molar-refractivity contribution in [3.8, 4) is 5.75 Å². The van der Waals surface area contributed by atoms with Crippen LogP contribution in [0.3, 0.4) is 0 Å². The van der Waals surface area contributed by atoms with Crippen molar-refractivity contribution in [2.45, 2.75) is 19.8 Å². The lowest BCUT2D eigenvalue weighted by molar-refractivity contribution is -0.140. The highest BCUT2D eigenvalue weighted by Gasteiger charge is 2.12. The van der Waals surface area contributed by atoms with E-state index in [0.717, 1.165) is 0 Å². The largest absolute Gasteiger partial charge is 0.508 e. The summed E-state index contributed by atoms with van der Waals surface area (Å²) in [5.41, 5.74) is 0.961. The monoisotopic (exact) mass is 287 g/mol. The lowest BCUT2D eigenvalue weighted by Gasteiger charge is -2.09. The molecule has 6 nitrogen and oxygen atoms in total. The molecule has 1 rings (SSSR count). The number of benzene rings is 1. The number of phenolic OH excluding ortho intramolecular Hbond substituents is 1. The van der Waals surface area contributed by atoms with Crippen molar-refractivity contribution in [1.29, 1.82) is 0 Å². The molecule has 1 aromatic carbocycles. The molecule has 7 heteroatoms. The third-order valence-electron chi connectivity index (χ3n) is 2.49. The first-order valence-electron chi connectivity index (χ1n) is 5.71. The summed E-state index contributed by atoms with van der Waals surface area (Å²) in [6.45, 7) is 1.67. The fourth-order valence-corrected chi connectivity index (χ4v) is 2.57. The number of rotatable bonds is 6. The second kappa shape index (κ2) is 6.42. The van der Waals surface area contributed by atoms with Crippen molar-refractivity contribution in [3.63, 3.8) is 0 Å². The van der Waals surface area contributed by atoms with Gasteiger partial charge in [0, 0.05) is 12.1 Å². The van der Waals surface area contributed by atoms with Gasteiger partial charge in [-0.2, -0.15) is 0 Å². The van der Waals surface area contributed by atoms with E-state index < -0.39 is 16.0 Å². The maximum Gasteiger partial charge on any atom is 0.305 e. The Morgan fingerprint density at radius 3 is 2.68 bits per heavy atom.